The SMILES string of the molecule is C[C@@H]1OCC2(CCN(c3cnc(C(=N)N4CCN(C5CC(F)(F)C5)c5cc(C#N)ccc54)c(N)n3)CC2)[C@@H]1N. The monoisotopic (exact) mass is 537 g/mol. The average Bonchev–Trinajstić information content (AvgIpc) is 3.19. The predicted molar refractivity (Wildman–Crippen MR) is 144 cm³/mol. The summed E-state index contributed by atoms with van der Waals surface area (Å²) in [5, 5.41) is 18.4. The van der Waals surface area contributed by atoms with Gasteiger partial charge >= 0.3 is 0 Å². The van der Waals surface area contributed by atoms with Crippen LogP contribution in [0.4, 0.5) is 31.8 Å². The molecule has 1 spiro atoms. The highest BCUT2D eigenvalue weighted by Gasteiger charge is 2.49. The lowest BCUT2D eigenvalue weighted by Gasteiger charge is -2.48. The van der Waals surface area contributed by atoms with Crippen LogP contribution < -0.4 is 26.2 Å². The van der Waals surface area contributed by atoms with E-state index in [4.69, 9.17) is 21.6 Å². The maximum atomic E-state index is 13.6. The molecule has 4 heterocycles. The average molecular weight is 538 g/mol. The molecule has 12 heteroatoms. The van der Waals surface area contributed by atoms with Crippen LogP contribution in [-0.4, -0.2) is 72.7 Å². The van der Waals surface area contributed by atoms with E-state index in [1.807, 2.05) is 11.8 Å². The number of nitrogens with one attached hydrogen (secondary N) is 1. The van der Waals surface area contributed by atoms with Gasteiger partial charge in [0.25, 0.3) is 5.92 Å². The number of fused-ring (bicyclic) bond motifs is 1. The number of halogens is 2. The summed E-state index contributed by atoms with van der Waals surface area (Å²) in [5.41, 5.74) is 14.8. The quantitative estimate of drug-likeness (QED) is 0.397. The molecule has 2 saturated heterocycles. The van der Waals surface area contributed by atoms with Gasteiger partial charge in [-0.2, -0.15) is 5.26 Å². The molecule has 1 aromatic carbocycles. The van der Waals surface area contributed by atoms with E-state index in [2.05, 4.69) is 20.9 Å². The van der Waals surface area contributed by atoms with Gasteiger partial charge in [0.2, 0.25) is 0 Å². The normalized spacial score (nSPS) is 25.8. The zero-order chi connectivity index (χ0) is 27.5. The van der Waals surface area contributed by atoms with Crippen LogP contribution in [0.1, 0.15) is 43.9 Å². The molecular weight excluding hydrogens is 504 g/mol. The predicted octanol–water partition coefficient (Wildman–Crippen LogP) is 2.71. The molecule has 2 atom stereocenters. The van der Waals surface area contributed by atoms with E-state index in [0.717, 1.165) is 25.9 Å². The Bertz CT molecular complexity index is 1330. The number of aromatic nitrogens is 2. The maximum Gasteiger partial charge on any atom is 0.252 e. The van der Waals surface area contributed by atoms with Crippen molar-refractivity contribution in [3.8, 4) is 6.07 Å². The van der Waals surface area contributed by atoms with Gasteiger partial charge in [-0.1, -0.05) is 0 Å². The first kappa shape index (κ1) is 25.7. The smallest absolute Gasteiger partial charge is 0.252 e. The number of nitrogen functional groups attached to an aromatic ring is 1. The van der Waals surface area contributed by atoms with Crippen molar-refractivity contribution in [2.75, 3.05) is 53.2 Å². The fourth-order valence-electron chi connectivity index (χ4n) is 6.47. The number of nitriles is 1. The van der Waals surface area contributed by atoms with Crippen LogP contribution in [-0.2, 0) is 4.74 Å². The largest absolute Gasteiger partial charge is 0.382 e. The van der Waals surface area contributed by atoms with E-state index in [0.29, 0.717) is 42.5 Å². The number of anilines is 4. The van der Waals surface area contributed by atoms with Gasteiger partial charge in [-0.15, -0.1) is 0 Å². The Balaban J connectivity index is 1.20. The lowest BCUT2D eigenvalue weighted by atomic mass is 9.73. The third-order valence-electron chi connectivity index (χ3n) is 8.99. The van der Waals surface area contributed by atoms with Gasteiger partial charge in [-0.3, -0.25) is 5.41 Å². The van der Waals surface area contributed by atoms with Gasteiger partial charge in [0.1, 0.15) is 11.5 Å². The van der Waals surface area contributed by atoms with Crippen molar-refractivity contribution in [1.29, 1.82) is 10.7 Å². The van der Waals surface area contributed by atoms with Crippen molar-refractivity contribution >= 4 is 28.8 Å². The molecule has 4 aliphatic rings. The van der Waals surface area contributed by atoms with Crippen molar-refractivity contribution in [1.82, 2.24) is 9.97 Å². The molecule has 1 saturated carbocycles. The molecule has 0 bridgehead atoms. The minimum Gasteiger partial charge on any atom is -0.382 e. The van der Waals surface area contributed by atoms with Crippen LogP contribution in [0.3, 0.4) is 0 Å². The number of benzene rings is 1. The molecule has 39 heavy (non-hydrogen) atoms. The van der Waals surface area contributed by atoms with Crippen molar-refractivity contribution in [3.63, 3.8) is 0 Å². The number of piperidine rings is 1. The van der Waals surface area contributed by atoms with Crippen LogP contribution in [0.25, 0.3) is 0 Å². The number of hydrogen-bond acceptors (Lipinski definition) is 9. The van der Waals surface area contributed by atoms with E-state index in [-0.39, 0.29) is 53.8 Å². The zero-order valence-corrected chi connectivity index (χ0v) is 21.9. The lowest BCUT2D eigenvalue weighted by molar-refractivity contribution is -0.0858. The highest BCUT2D eigenvalue weighted by molar-refractivity contribution is 6.11. The Hall–Kier alpha value is -3.56. The molecule has 0 amide bonds. The summed E-state index contributed by atoms with van der Waals surface area (Å²) < 4.78 is 33.1. The van der Waals surface area contributed by atoms with Gasteiger partial charge in [0.15, 0.2) is 11.7 Å². The van der Waals surface area contributed by atoms with Gasteiger partial charge in [-0.25, -0.2) is 18.7 Å². The molecular formula is C27H33F2N9O. The Morgan fingerprint density at radius 3 is 2.54 bits per heavy atom. The van der Waals surface area contributed by atoms with Crippen molar-refractivity contribution in [2.24, 2.45) is 11.1 Å². The van der Waals surface area contributed by atoms with E-state index in [9.17, 15) is 14.0 Å². The zero-order valence-electron chi connectivity index (χ0n) is 21.9. The molecule has 2 aromatic rings. The molecule has 206 valence electrons. The van der Waals surface area contributed by atoms with E-state index in [1.165, 1.54) is 0 Å². The number of alkyl halides is 2. The molecule has 0 radical (unpaired) electrons. The molecule has 1 aromatic heterocycles. The Kier molecular flexibility index (Phi) is 6.11. The standard InChI is InChI=1S/C27H33F2N9O/c1-16-23(31)26(15-39-16)4-6-36(7-5-26)21-14-34-22(24(32)35-21)25(33)38-9-8-37(18-11-27(28,29)12-18)20-10-17(13-30)2-3-19(20)38/h2-3,10,14,16,18,23,33H,4-9,11-12,15,31H2,1H3,(H2,32,35)/t16-,23+/m0/s1. The van der Waals surface area contributed by atoms with Crippen LogP contribution >= 0.6 is 0 Å². The minimum atomic E-state index is -2.66. The molecule has 6 rings (SSSR count). The topological polar surface area (TPSA) is 144 Å². The van der Waals surface area contributed by atoms with E-state index < -0.39 is 5.92 Å². The fraction of sp³-hybridized carbons (Fsp3) is 0.556. The summed E-state index contributed by atoms with van der Waals surface area (Å²) in [7, 11) is 0. The summed E-state index contributed by atoms with van der Waals surface area (Å²) in [6, 6.07) is 6.97. The molecule has 0 unspecified atom stereocenters. The Morgan fingerprint density at radius 1 is 1.18 bits per heavy atom. The third-order valence-corrected chi connectivity index (χ3v) is 8.99. The van der Waals surface area contributed by atoms with Crippen LogP contribution in [0, 0.1) is 22.2 Å². The number of nitrogens with two attached hydrogens (primary N) is 2. The van der Waals surface area contributed by atoms with Crippen LogP contribution in [0.15, 0.2) is 24.4 Å². The van der Waals surface area contributed by atoms with Gasteiger partial charge in [0, 0.05) is 56.5 Å². The number of rotatable bonds is 3. The van der Waals surface area contributed by atoms with Gasteiger partial charge < -0.3 is 30.9 Å². The van der Waals surface area contributed by atoms with Crippen LogP contribution in [0.2, 0.25) is 0 Å². The van der Waals surface area contributed by atoms with Crippen molar-refractivity contribution in [3.05, 3.63) is 35.7 Å². The number of ether oxygens (including phenoxy) is 1. The highest BCUT2D eigenvalue weighted by atomic mass is 19.3. The third kappa shape index (κ3) is 4.33. The van der Waals surface area contributed by atoms with E-state index >= 15 is 0 Å². The Morgan fingerprint density at radius 2 is 1.92 bits per heavy atom. The summed E-state index contributed by atoms with van der Waals surface area (Å²) >= 11 is 0. The second-order valence-electron chi connectivity index (χ2n) is 11.3. The minimum absolute atomic E-state index is 0.00666. The second-order valence-corrected chi connectivity index (χ2v) is 11.3. The first-order valence-corrected chi connectivity index (χ1v) is 13.4. The maximum absolute atomic E-state index is 13.6. The Labute approximate surface area is 226 Å². The molecule has 1 aliphatic carbocycles. The highest BCUT2D eigenvalue weighted by Crippen LogP contribution is 2.46. The number of nitrogens with zero attached hydrogens (tertiary/aromatic N) is 6. The lowest BCUT2D eigenvalue weighted by Crippen LogP contribution is -2.55. The molecule has 3 aliphatic heterocycles. The summed E-state index contributed by atoms with van der Waals surface area (Å²) in [6.07, 6.45) is 3.09. The first-order valence-electron chi connectivity index (χ1n) is 13.4. The fourth-order valence-corrected chi connectivity index (χ4v) is 6.47. The number of hydrogen-bond donors (Lipinski definition) is 3. The van der Waals surface area contributed by atoms with E-state index in [1.54, 1.807) is 29.3 Å². The molecule has 3 fully saturated rings. The number of amidine groups is 1. The second kappa shape index (κ2) is 9.27. The summed E-state index contributed by atoms with van der Waals surface area (Å²) in [4.78, 5) is 15.0. The first-order chi connectivity index (χ1) is 18.6. The molecule has 10 nitrogen and oxygen atoms in total. The van der Waals surface area contributed by atoms with Gasteiger partial charge in [0.05, 0.1) is 41.9 Å². The summed E-state index contributed by atoms with van der Waals surface area (Å²) in [6.45, 7) is 5.09. The summed E-state index contributed by atoms with van der Waals surface area (Å²) in [5.74, 6) is -1.76. The molecule has 5 N–H and O–H groups in total. The van der Waals surface area contributed by atoms with Gasteiger partial charge in [-0.05, 0) is 38.0 Å². The van der Waals surface area contributed by atoms with Crippen molar-refractivity contribution < 1.29 is 13.5 Å². The van der Waals surface area contributed by atoms with Crippen molar-refractivity contribution in [2.45, 2.75) is 56.7 Å². The van der Waals surface area contributed by atoms with Crippen LogP contribution in [0.5, 0.6) is 0 Å².